The molecule has 0 aliphatic carbocycles. The van der Waals surface area contributed by atoms with Crippen molar-refractivity contribution >= 4 is 5.97 Å². The highest BCUT2D eigenvalue weighted by atomic mass is 19.4. The zero-order chi connectivity index (χ0) is 17.8. The van der Waals surface area contributed by atoms with Gasteiger partial charge in [0.2, 0.25) is 0 Å². The average molecular weight is 346 g/mol. The summed E-state index contributed by atoms with van der Waals surface area (Å²) in [6.45, 7) is 1.81. The Labute approximate surface area is 138 Å². The first-order chi connectivity index (χ1) is 11.3. The summed E-state index contributed by atoms with van der Waals surface area (Å²) in [4.78, 5) is 17.1. The normalized spacial score (nSPS) is 22.5. The third kappa shape index (κ3) is 4.45. The molecular formula is C16H21F3N2O3. The van der Waals surface area contributed by atoms with Gasteiger partial charge in [-0.25, -0.2) is 0 Å². The Morgan fingerprint density at radius 1 is 1.46 bits per heavy atom. The van der Waals surface area contributed by atoms with Crippen LogP contribution in [-0.4, -0.2) is 47.8 Å². The molecule has 2 heterocycles. The molecule has 0 amide bonds. The van der Waals surface area contributed by atoms with E-state index < -0.39 is 23.3 Å². The summed E-state index contributed by atoms with van der Waals surface area (Å²) < 4.78 is 42.6. The summed E-state index contributed by atoms with van der Waals surface area (Å²) in [6.07, 6.45) is -1.53. The number of methoxy groups -OCH3 is 1. The average Bonchev–Trinajstić information content (AvgIpc) is 2.53. The van der Waals surface area contributed by atoms with Crippen molar-refractivity contribution in [2.75, 3.05) is 26.8 Å². The summed E-state index contributed by atoms with van der Waals surface area (Å²) in [5, 5.41) is 9.61. The van der Waals surface area contributed by atoms with Crippen molar-refractivity contribution in [1.29, 1.82) is 0 Å². The Morgan fingerprint density at radius 3 is 2.75 bits per heavy atom. The molecule has 0 radical (unpaired) electrons. The van der Waals surface area contributed by atoms with E-state index in [9.17, 15) is 23.1 Å². The monoisotopic (exact) mass is 346 g/mol. The van der Waals surface area contributed by atoms with Crippen molar-refractivity contribution in [2.45, 2.75) is 32.0 Å². The summed E-state index contributed by atoms with van der Waals surface area (Å²) in [7, 11) is 1.53. The molecular weight excluding hydrogens is 325 g/mol. The molecule has 1 fully saturated rings. The molecule has 1 aliphatic rings. The number of hydrogen-bond donors (Lipinski definition) is 1. The lowest BCUT2D eigenvalue weighted by molar-refractivity contribution is -0.154. The third-order valence-corrected chi connectivity index (χ3v) is 4.42. The number of halogens is 3. The number of aromatic nitrogens is 1. The summed E-state index contributed by atoms with van der Waals surface area (Å²) >= 11 is 0. The summed E-state index contributed by atoms with van der Waals surface area (Å²) in [6, 6.07) is 2.34. The van der Waals surface area contributed by atoms with E-state index in [2.05, 4.69) is 4.98 Å². The fourth-order valence-electron chi connectivity index (χ4n) is 3.09. The standard InChI is InChI=1S/C16H21F3N2O3/c1-24-8-6-15(14(22)23)5-2-7-21(11-15)10-12-3-4-13(20-9-12)16(17,18)19/h3-4,9H,2,5-8,10-11H2,1H3,(H,22,23)/t15-/m0/s1. The van der Waals surface area contributed by atoms with Gasteiger partial charge in [-0.05, 0) is 37.4 Å². The van der Waals surface area contributed by atoms with Gasteiger partial charge in [-0.1, -0.05) is 6.07 Å². The second-order valence-corrected chi connectivity index (χ2v) is 6.19. The number of ether oxygens (including phenoxy) is 1. The second kappa shape index (κ2) is 7.48. The van der Waals surface area contributed by atoms with E-state index >= 15 is 0 Å². The number of piperidine rings is 1. The van der Waals surface area contributed by atoms with Gasteiger partial charge in [0.15, 0.2) is 0 Å². The van der Waals surface area contributed by atoms with E-state index in [1.54, 1.807) is 0 Å². The number of carboxylic acid groups (broad SMARTS) is 1. The molecule has 1 aromatic heterocycles. The van der Waals surface area contributed by atoms with Crippen molar-refractivity contribution in [3.8, 4) is 0 Å². The van der Waals surface area contributed by atoms with Crippen LogP contribution in [0.4, 0.5) is 13.2 Å². The number of rotatable bonds is 6. The molecule has 1 N–H and O–H groups in total. The van der Waals surface area contributed by atoms with Gasteiger partial charge in [0.05, 0.1) is 5.41 Å². The maximum absolute atomic E-state index is 12.5. The van der Waals surface area contributed by atoms with E-state index in [0.717, 1.165) is 12.5 Å². The van der Waals surface area contributed by atoms with Crippen molar-refractivity contribution in [3.05, 3.63) is 29.6 Å². The van der Waals surface area contributed by atoms with Crippen LogP contribution in [0.3, 0.4) is 0 Å². The lowest BCUT2D eigenvalue weighted by atomic mass is 9.77. The highest BCUT2D eigenvalue weighted by molar-refractivity contribution is 5.75. The highest BCUT2D eigenvalue weighted by Gasteiger charge is 2.42. The molecule has 1 aliphatic heterocycles. The Kier molecular flexibility index (Phi) is 5.82. The van der Waals surface area contributed by atoms with E-state index in [1.165, 1.54) is 19.4 Å². The third-order valence-electron chi connectivity index (χ3n) is 4.42. The van der Waals surface area contributed by atoms with Crippen molar-refractivity contribution < 1.29 is 27.8 Å². The molecule has 0 bridgehead atoms. The van der Waals surface area contributed by atoms with E-state index in [-0.39, 0.29) is 0 Å². The number of likely N-dealkylation sites (tertiary alicyclic amines) is 1. The second-order valence-electron chi connectivity index (χ2n) is 6.19. The van der Waals surface area contributed by atoms with Crippen LogP contribution >= 0.6 is 0 Å². The fourth-order valence-corrected chi connectivity index (χ4v) is 3.09. The van der Waals surface area contributed by atoms with Gasteiger partial charge < -0.3 is 9.84 Å². The van der Waals surface area contributed by atoms with Crippen LogP contribution in [0.25, 0.3) is 0 Å². The van der Waals surface area contributed by atoms with Crippen molar-refractivity contribution in [2.24, 2.45) is 5.41 Å². The SMILES string of the molecule is COCC[C@@]1(C(=O)O)CCCN(Cc2ccc(C(F)(F)F)nc2)C1. The topological polar surface area (TPSA) is 62.7 Å². The number of aliphatic carboxylic acids is 1. The molecule has 0 spiro atoms. The molecule has 0 aromatic carbocycles. The van der Waals surface area contributed by atoms with E-state index in [4.69, 9.17) is 4.74 Å². The largest absolute Gasteiger partial charge is 0.481 e. The highest BCUT2D eigenvalue weighted by Crippen LogP contribution is 2.34. The first-order valence-electron chi connectivity index (χ1n) is 7.74. The predicted octanol–water partition coefficient (Wildman–Crippen LogP) is 2.80. The van der Waals surface area contributed by atoms with Gasteiger partial charge in [0, 0.05) is 33.0 Å². The lowest BCUT2D eigenvalue weighted by Gasteiger charge is -2.40. The summed E-state index contributed by atoms with van der Waals surface area (Å²) in [5.41, 5.74) is -1.16. The van der Waals surface area contributed by atoms with Crippen LogP contribution in [0.2, 0.25) is 0 Å². The molecule has 8 heteroatoms. The Balaban J connectivity index is 2.05. The maximum atomic E-state index is 12.5. The van der Waals surface area contributed by atoms with Gasteiger partial charge >= 0.3 is 12.1 Å². The van der Waals surface area contributed by atoms with Crippen LogP contribution in [-0.2, 0) is 22.3 Å². The number of alkyl halides is 3. The molecule has 0 unspecified atom stereocenters. The number of carboxylic acids is 1. The molecule has 1 saturated heterocycles. The predicted molar refractivity (Wildman–Crippen MR) is 80.3 cm³/mol. The van der Waals surface area contributed by atoms with Gasteiger partial charge in [-0.15, -0.1) is 0 Å². The van der Waals surface area contributed by atoms with Crippen LogP contribution in [0.15, 0.2) is 18.3 Å². The molecule has 1 atom stereocenters. The zero-order valence-corrected chi connectivity index (χ0v) is 13.5. The zero-order valence-electron chi connectivity index (χ0n) is 13.5. The van der Waals surface area contributed by atoms with Gasteiger partial charge in [0.25, 0.3) is 0 Å². The van der Waals surface area contributed by atoms with Crippen molar-refractivity contribution in [1.82, 2.24) is 9.88 Å². The van der Waals surface area contributed by atoms with Crippen molar-refractivity contribution in [3.63, 3.8) is 0 Å². The van der Waals surface area contributed by atoms with Crippen LogP contribution in [0.5, 0.6) is 0 Å². The lowest BCUT2D eigenvalue weighted by Crippen LogP contribution is -2.48. The van der Waals surface area contributed by atoms with E-state index in [0.29, 0.717) is 44.6 Å². The number of hydrogen-bond acceptors (Lipinski definition) is 4. The molecule has 0 saturated carbocycles. The maximum Gasteiger partial charge on any atom is 0.433 e. The Hall–Kier alpha value is -1.67. The smallest absolute Gasteiger partial charge is 0.433 e. The molecule has 134 valence electrons. The first-order valence-corrected chi connectivity index (χ1v) is 7.74. The Morgan fingerprint density at radius 2 is 2.21 bits per heavy atom. The molecule has 24 heavy (non-hydrogen) atoms. The quantitative estimate of drug-likeness (QED) is 0.858. The molecule has 2 rings (SSSR count). The number of carbonyl (C=O) groups is 1. The van der Waals surface area contributed by atoms with Gasteiger partial charge in [-0.3, -0.25) is 14.7 Å². The first kappa shape index (κ1) is 18.7. The van der Waals surface area contributed by atoms with Crippen LogP contribution in [0, 0.1) is 5.41 Å². The van der Waals surface area contributed by atoms with E-state index in [1.807, 2.05) is 4.90 Å². The van der Waals surface area contributed by atoms with Gasteiger partial charge in [-0.2, -0.15) is 13.2 Å². The number of nitrogens with zero attached hydrogens (tertiary/aromatic N) is 2. The van der Waals surface area contributed by atoms with Crippen LogP contribution < -0.4 is 0 Å². The molecule has 1 aromatic rings. The number of pyridine rings is 1. The minimum Gasteiger partial charge on any atom is -0.481 e. The van der Waals surface area contributed by atoms with Gasteiger partial charge in [0.1, 0.15) is 5.69 Å². The minimum absolute atomic E-state index is 0.354. The molecule has 5 nitrogen and oxygen atoms in total. The Bertz CT molecular complexity index is 563. The fraction of sp³-hybridized carbons (Fsp3) is 0.625. The minimum atomic E-state index is -4.46. The van der Waals surface area contributed by atoms with Crippen LogP contribution in [0.1, 0.15) is 30.5 Å². The summed E-state index contributed by atoms with van der Waals surface area (Å²) in [5.74, 6) is -0.852.